The Morgan fingerprint density at radius 2 is 1.95 bits per heavy atom. The summed E-state index contributed by atoms with van der Waals surface area (Å²) in [6.07, 6.45) is 3.68. The molecule has 5 heteroatoms. The highest BCUT2D eigenvalue weighted by molar-refractivity contribution is 7.80. The summed E-state index contributed by atoms with van der Waals surface area (Å²) in [6.45, 7) is 8.26. The van der Waals surface area contributed by atoms with Crippen molar-refractivity contribution < 1.29 is 0 Å². The van der Waals surface area contributed by atoms with E-state index in [2.05, 4.69) is 22.0 Å². The van der Waals surface area contributed by atoms with Crippen molar-refractivity contribution in [3.63, 3.8) is 0 Å². The first-order valence-electron chi connectivity index (χ1n) is 6.93. The molecule has 0 saturated carbocycles. The quantitative estimate of drug-likeness (QED) is 0.860. The molecule has 0 unspecified atom stereocenters. The van der Waals surface area contributed by atoms with Crippen molar-refractivity contribution in [3.8, 4) is 0 Å². The van der Waals surface area contributed by atoms with Gasteiger partial charge in [-0.1, -0.05) is 25.6 Å². The van der Waals surface area contributed by atoms with Crippen LogP contribution in [0.4, 0.5) is 5.82 Å². The fraction of sp³-hybridized carbons (Fsp3) is 0.643. The number of aryl methyl sites for hydroxylation is 1. The molecule has 0 amide bonds. The molecule has 2 heterocycles. The minimum absolute atomic E-state index is 0.420. The first-order chi connectivity index (χ1) is 9.04. The molecular weight excluding hydrogens is 256 g/mol. The van der Waals surface area contributed by atoms with Gasteiger partial charge in [0.2, 0.25) is 0 Å². The van der Waals surface area contributed by atoms with Gasteiger partial charge >= 0.3 is 0 Å². The average Bonchev–Trinajstić information content (AvgIpc) is 2.41. The molecule has 1 aliphatic heterocycles. The molecule has 0 atom stereocenters. The summed E-state index contributed by atoms with van der Waals surface area (Å²) in [5.41, 5.74) is 8.73. The van der Waals surface area contributed by atoms with Crippen molar-refractivity contribution in [1.82, 2.24) is 10.2 Å². The molecule has 0 aromatic carbocycles. The van der Waals surface area contributed by atoms with E-state index in [1.807, 2.05) is 13.8 Å². The molecule has 0 spiro atoms. The van der Waals surface area contributed by atoms with Gasteiger partial charge in [-0.15, -0.1) is 5.10 Å². The van der Waals surface area contributed by atoms with E-state index in [1.54, 1.807) is 0 Å². The number of nitrogens with two attached hydrogens (primary N) is 1. The van der Waals surface area contributed by atoms with Crippen LogP contribution >= 0.6 is 12.2 Å². The molecule has 1 aromatic rings. The molecular formula is C14H22N4S. The van der Waals surface area contributed by atoms with E-state index >= 15 is 0 Å². The Morgan fingerprint density at radius 3 is 2.47 bits per heavy atom. The van der Waals surface area contributed by atoms with Gasteiger partial charge in [0.1, 0.15) is 4.99 Å². The Labute approximate surface area is 120 Å². The maximum Gasteiger partial charge on any atom is 0.161 e. The zero-order valence-electron chi connectivity index (χ0n) is 11.9. The van der Waals surface area contributed by atoms with E-state index in [4.69, 9.17) is 18.0 Å². The molecule has 1 saturated heterocycles. The molecule has 104 valence electrons. The second-order valence-corrected chi connectivity index (χ2v) is 5.75. The lowest BCUT2D eigenvalue weighted by Crippen LogP contribution is -2.36. The normalized spacial score (nSPS) is 16.7. The molecule has 1 fully saturated rings. The predicted molar refractivity (Wildman–Crippen MR) is 82.6 cm³/mol. The predicted octanol–water partition coefficient (Wildman–Crippen LogP) is 2.35. The zero-order valence-corrected chi connectivity index (χ0v) is 12.8. The van der Waals surface area contributed by atoms with Gasteiger partial charge in [-0.3, -0.25) is 0 Å². The van der Waals surface area contributed by atoms with Crippen LogP contribution in [0.25, 0.3) is 0 Å². The summed E-state index contributed by atoms with van der Waals surface area (Å²) in [6, 6.07) is 0. The summed E-state index contributed by atoms with van der Waals surface area (Å²) in [5.74, 6) is 1.70. The maximum atomic E-state index is 5.88. The Hall–Kier alpha value is -1.23. The van der Waals surface area contributed by atoms with E-state index in [0.717, 1.165) is 41.6 Å². The van der Waals surface area contributed by atoms with Gasteiger partial charge in [-0.25, -0.2) is 0 Å². The molecule has 2 rings (SSSR count). The third-order valence-corrected chi connectivity index (χ3v) is 4.38. The SMILES string of the molecule is CCC1CCN(c2nnc(C)c(C)c2C(N)=S)CC1. The highest BCUT2D eigenvalue weighted by Gasteiger charge is 2.23. The topological polar surface area (TPSA) is 55.0 Å². The molecule has 4 nitrogen and oxygen atoms in total. The summed E-state index contributed by atoms with van der Waals surface area (Å²) in [4.78, 5) is 2.70. The third-order valence-electron chi connectivity index (χ3n) is 4.17. The van der Waals surface area contributed by atoms with Crippen LogP contribution in [0.15, 0.2) is 0 Å². The minimum atomic E-state index is 0.420. The van der Waals surface area contributed by atoms with Crippen LogP contribution < -0.4 is 10.6 Å². The van der Waals surface area contributed by atoms with Crippen molar-refractivity contribution in [2.75, 3.05) is 18.0 Å². The highest BCUT2D eigenvalue weighted by atomic mass is 32.1. The Balaban J connectivity index is 2.30. The number of aromatic nitrogens is 2. The molecule has 1 aromatic heterocycles. The van der Waals surface area contributed by atoms with Crippen molar-refractivity contribution in [1.29, 1.82) is 0 Å². The lowest BCUT2D eigenvalue weighted by atomic mass is 9.94. The first-order valence-corrected chi connectivity index (χ1v) is 7.34. The van der Waals surface area contributed by atoms with Gasteiger partial charge in [0.25, 0.3) is 0 Å². The fourth-order valence-corrected chi connectivity index (χ4v) is 2.91. The number of hydrogen-bond acceptors (Lipinski definition) is 4. The van der Waals surface area contributed by atoms with E-state index in [0.29, 0.717) is 4.99 Å². The standard InChI is InChI=1S/C14H22N4S/c1-4-11-5-7-18(8-6-11)14-12(13(15)19)9(2)10(3)16-17-14/h11H,4-8H2,1-3H3,(H2,15,19). The summed E-state index contributed by atoms with van der Waals surface area (Å²) in [5, 5.41) is 8.57. The average molecular weight is 278 g/mol. The molecule has 2 N–H and O–H groups in total. The molecule has 0 radical (unpaired) electrons. The van der Waals surface area contributed by atoms with E-state index in [9.17, 15) is 0 Å². The lowest BCUT2D eigenvalue weighted by molar-refractivity contribution is 0.393. The van der Waals surface area contributed by atoms with Crippen molar-refractivity contribution in [3.05, 3.63) is 16.8 Å². The Bertz CT molecular complexity index is 479. The number of nitrogens with zero attached hydrogens (tertiary/aromatic N) is 3. The second-order valence-electron chi connectivity index (χ2n) is 5.31. The van der Waals surface area contributed by atoms with Crippen molar-refractivity contribution in [2.24, 2.45) is 11.7 Å². The van der Waals surface area contributed by atoms with Crippen LogP contribution in [0.5, 0.6) is 0 Å². The van der Waals surface area contributed by atoms with Crippen LogP contribution in [-0.2, 0) is 0 Å². The van der Waals surface area contributed by atoms with Crippen LogP contribution in [0.3, 0.4) is 0 Å². The minimum Gasteiger partial charge on any atom is -0.389 e. The number of rotatable bonds is 3. The first kappa shape index (κ1) is 14.2. The van der Waals surface area contributed by atoms with Gasteiger partial charge in [0.15, 0.2) is 5.82 Å². The zero-order chi connectivity index (χ0) is 14.0. The molecule has 0 aliphatic carbocycles. The molecule has 19 heavy (non-hydrogen) atoms. The number of piperidine rings is 1. The summed E-state index contributed by atoms with van der Waals surface area (Å²) >= 11 is 5.20. The van der Waals surface area contributed by atoms with Gasteiger partial charge in [0, 0.05) is 13.1 Å². The largest absolute Gasteiger partial charge is 0.389 e. The van der Waals surface area contributed by atoms with Gasteiger partial charge in [-0.2, -0.15) is 5.10 Å². The Morgan fingerprint density at radius 1 is 1.32 bits per heavy atom. The van der Waals surface area contributed by atoms with Crippen LogP contribution in [0, 0.1) is 19.8 Å². The van der Waals surface area contributed by atoms with E-state index in [1.165, 1.54) is 19.3 Å². The number of thiocarbonyl (C=S) groups is 1. The van der Waals surface area contributed by atoms with Gasteiger partial charge in [-0.05, 0) is 38.2 Å². The van der Waals surface area contributed by atoms with E-state index in [-0.39, 0.29) is 0 Å². The van der Waals surface area contributed by atoms with Gasteiger partial charge in [0.05, 0.1) is 11.3 Å². The monoisotopic (exact) mass is 278 g/mol. The fourth-order valence-electron chi connectivity index (χ4n) is 2.67. The number of hydrogen-bond donors (Lipinski definition) is 1. The van der Waals surface area contributed by atoms with Crippen LogP contribution in [-0.4, -0.2) is 28.3 Å². The highest BCUT2D eigenvalue weighted by Crippen LogP contribution is 2.27. The lowest BCUT2D eigenvalue weighted by Gasteiger charge is -2.33. The third kappa shape index (κ3) is 2.86. The second kappa shape index (κ2) is 5.82. The number of anilines is 1. The molecule has 1 aliphatic rings. The molecule has 0 bridgehead atoms. The maximum absolute atomic E-state index is 5.88. The van der Waals surface area contributed by atoms with Crippen LogP contribution in [0.2, 0.25) is 0 Å². The van der Waals surface area contributed by atoms with E-state index < -0.39 is 0 Å². The van der Waals surface area contributed by atoms with Crippen molar-refractivity contribution in [2.45, 2.75) is 40.0 Å². The Kier molecular flexibility index (Phi) is 4.34. The summed E-state index contributed by atoms with van der Waals surface area (Å²) < 4.78 is 0. The van der Waals surface area contributed by atoms with Crippen LogP contribution in [0.1, 0.15) is 43.0 Å². The smallest absolute Gasteiger partial charge is 0.161 e. The van der Waals surface area contributed by atoms with Crippen molar-refractivity contribution >= 4 is 23.0 Å². The van der Waals surface area contributed by atoms with Gasteiger partial charge < -0.3 is 10.6 Å². The summed E-state index contributed by atoms with van der Waals surface area (Å²) in [7, 11) is 0.